The van der Waals surface area contributed by atoms with Gasteiger partial charge in [-0.3, -0.25) is 4.79 Å². The normalized spacial score (nSPS) is 15.5. The molecule has 23 heavy (non-hydrogen) atoms. The van der Waals surface area contributed by atoms with E-state index in [2.05, 4.69) is 13.8 Å². The molecule has 1 heterocycles. The third-order valence-electron chi connectivity index (χ3n) is 4.32. The van der Waals surface area contributed by atoms with Gasteiger partial charge < -0.3 is 14.4 Å². The zero-order chi connectivity index (χ0) is 16.7. The average Bonchev–Trinajstić information content (AvgIpc) is 2.56. The molecule has 1 aliphatic rings. The van der Waals surface area contributed by atoms with Crippen LogP contribution in [-0.2, 0) is 0 Å². The summed E-state index contributed by atoms with van der Waals surface area (Å²) in [6.45, 7) is 9.25. The molecule has 0 atom stereocenters. The summed E-state index contributed by atoms with van der Waals surface area (Å²) in [6.07, 6.45) is 4.27. The van der Waals surface area contributed by atoms with E-state index in [0.29, 0.717) is 30.4 Å². The molecule has 0 radical (unpaired) electrons. The molecule has 1 aromatic carbocycles. The van der Waals surface area contributed by atoms with Crippen molar-refractivity contribution in [3.05, 3.63) is 23.8 Å². The summed E-state index contributed by atoms with van der Waals surface area (Å²) < 4.78 is 11.4. The van der Waals surface area contributed by atoms with Crippen molar-refractivity contribution in [2.45, 2.75) is 46.5 Å². The quantitative estimate of drug-likeness (QED) is 0.709. The van der Waals surface area contributed by atoms with E-state index in [1.54, 1.807) is 0 Å². The molecular weight excluding hydrogens is 290 g/mol. The van der Waals surface area contributed by atoms with Crippen molar-refractivity contribution in [2.75, 3.05) is 26.3 Å². The largest absolute Gasteiger partial charge is 0.490 e. The fourth-order valence-electron chi connectivity index (χ4n) is 2.75. The lowest BCUT2D eigenvalue weighted by Gasteiger charge is -2.30. The van der Waals surface area contributed by atoms with Crippen LogP contribution in [0.15, 0.2) is 18.2 Å². The maximum atomic E-state index is 12.7. The summed E-state index contributed by atoms with van der Waals surface area (Å²) >= 11 is 0. The fourth-order valence-corrected chi connectivity index (χ4v) is 2.75. The lowest BCUT2D eigenvalue weighted by atomic mass is 9.98. The maximum absolute atomic E-state index is 12.7. The maximum Gasteiger partial charge on any atom is 0.253 e. The first-order valence-electron chi connectivity index (χ1n) is 8.84. The van der Waals surface area contributed by atoms with Gasteiger partial charge in [-0.05, 0) is 50.3 Å². The summed E-state index contributed by atoms with van der Waals surface area (Å²) in [7, 11) is 0. The van der Waals surface area contributed by atoms with Crippen molar-refractivity contribution in [1.29, 1.82) is 0 Å². The van der Waals surface area contributed by atoms with Crippen molar-refractivity contribution >= 4 is 5.91 Å². The lowest BCUT2D eigenvalue weighted by Crippen LogP contribution is -2.37. The molecule has 0 unspecified atom stereocenters. The van der Waals surface area contributed by atoms with Crippen LogP contribution in [0.2, 0.25) is 0 Å². The second kappa shape index (κ2) is 8.80. The highest BCUT2D eigenvalue weighted by atomic mass is 16.5. The van der Waals surface area contributed by atoms with Crippen molar-refractivity contribution < 1.29 is 14.3 Å². The van der Waals surface area contributed by atoms with Gasteiger partial charge in [0.05, 0.1) is 13.2 Å². The Labute approximate surface area is 139 Å². The van der Waals surface area contributed by atoms with Crippen LogP contribution < -0.4 is 9.47 Å². The number of nitrogens with zero attached hydrogens (tertiary/aromatic N) is 1. The molecule has 1 amide bonds. The Kier molecular flexibility index (Phi) is 6.75. The summed E-state index contributed by atoms with van der Waals surface area (Å²) in [5.41, 5.74) is 0.686. The molecule has 1 fully saturated rings. The van der Waals surface area contributed by atoms with Gasteiger partial charge in [0.1, 0.15) is 0 Å². The van der Waals surface area contributed by atoms with E-state index in [1.165, 1.54) is 0 Å². The standard InChI is InChI=1S/C19H29NO3/c1-4-6-13-23-17-8-7-16(14-18(17)22-5-2)19(21)20-11-9-15(3)10-12-20/h7-8,14-15H,4-6,9-13H2,1-3H3. The van der Waals surface area contributed by atoms with Crippen LogP contribution in [0.3, 0.4) is 0 Å². The highest BCUT2D eigenvalue weighted by molar-refractivity contribution is 5.95. The minimum atomic E-state index is 0.0953. The van der Waals surface area contributed by atoms with E-state index < -0.39 is 0 Å². The van der Waals surface area contributed by atoms with Crippen molar-refractivity contribution in [3.63, 3.8) is 0 Å². The number of piperidine rings is 1. The predicted octanol–water partition coefficient (Wildman–Crippen LogP) is 4.14. The van der Waals surface area contributed by atoms with Gasteiger partial charge in [0.25, 0.3) is 5.91 Å². The molecule has 0 aromatic heterocycles. The van der Waals surface area contributed by atoms with Gasteiger partial charge in [-0.25, -0.2) is 0 Å². The van der Waals surface area contributed by atoms with Gasteiger partial charge in [0.2, 0.25) is 0 Å². The van der Waals surface area contributed by atoms with E-state index in [1.807, 2.05) is 30.0 Å². The van der Waals surface area contributed by atoms with Crippen molar-refractivity contribution in [1.82, 2.24) is 4.90 Å². The van der Waals surface area contributed by atoms with Gasteiger partial charge >= 0.3 is 0 Å². The number of unbranched alkanes of at least 4 members (excludes halogenated alkanes) is 1. The third-order valence-corrected chi connectivity index (χ3v) is 4.32. The monoisotopic (exact) mass is 319 g/mol. The number of carbonyl (C=O) groups is 1. The minimum Gasteiger partial charge on any atom is -0.490 e. The van der Waals surface area contributed by atoms with Crippen LogP contribution in [0.25, 0.3) is 0 Å². The second-order valence-electron chi connectivity index (χ2n) is 6.27. The summed E-state index contributed by atoms with van der Waals surface area (Å²) in [5, 5.41) is 0. The number of rotatable bonds is 7. The molecule has 1 saturated heterocycles. The Bertz CT molecular complexity index is 507. The summed E-state index contributed by atoms with van der Waals surface area (Å²) in [5.74, 6) is 2.20. The Hall–Kier alpha value is -1.71. The van der Waals surface area contributed by atoms with Gasteiger partial charge in [0.15, 0.2) is 11.5 Å². The van der Waals surface area contributed by atoms with Gasteiger partial charge in [-0.15, -0.1) is 0 Å². The number of amides is 1. The van der Waals surface area contributed by atoms with Crippen LogP contribution in [0.5, 0.6) is 11.5 Å². The Morgan fingerprint density at radius 1 is 1.17 bits per heavy atom. The Balaban J connectivity index is 2.09. The van der Waals surface area contributed by atoms with E-state index in [-0.39, 0.29) is 5.91 Å². The highest BCUT2D eigenvalue weighted by Gasteiger charge is 2.22. The van der Waals surface area contributed by atoms with Gasteiger partial charge in [-0.1, -0.05) is 20.3 Å². The number of benzene rings is 1. The van der Waals surface area contributed by atoms with Crippen molar-refractivity contribution in [3.8, 4) is 11.5 Å². The first-order valence-corrected chi connectivity index (χ1v) is 8.84. The number of carbonyl (C=O) groups excluding carboxylic acids is 1. The SMILES string of the molecule is CCCCOc1ccc(C(=O)N2CCC(C)CC2)cc1OCC. The molecular formula is C19H29NO3. The first-order chi connectivity index (χ1) is 11.2. The average molecular weight is 319 g/mol. The zero-order valence-electron chi connectivity index (χ0n) is 14.6. The Morgan fingerprint density at radius 2 is 1.91 bits per heavy atom. The van der Waals surface area contributed by atoms with E-state index in [9.17, 15) is 4.79 Å². The molecule has 1 aliphatic heterocycles. The van der Waals surface area contributed by atoms with Crippen LogP contribution in [0.4, 0.5) is 0 Å². The molecule has 0 saturated carbocycles. The van der Waals surface area contributed by atoms with Crippen LogP contribution in [-0.4, -0.2) is 37.1 Å². The number of likely N-dealkylation sites (tertiary alicyclic amines) is 1. The number of ether oxygens (including phenoxy) is 2. The molecule has 0 bridgehead atoms. The number of hydrogen-bond donors (Lipinski definition) is 0. The van der Waals surface area contributed by atoms with E-state index in [4.69, 9.17) is 9.47 Å². The molecule has 0 aliphatic carbocycles. The lowest BCUT2D eigenvalue weighted by molar-refractivity contribution is 0.0696. The van der Waals surface area contributed by atoms with E-state index >= 15 is 0 Å². The zero-order valence-corrected chi connectivity index (χ0v) is 14.6. The van der Waals surface area contributed by atoms with Gasteiger partial charge in [-0.2, -0.15) is 0 Å². The fraction of sp³-hybridized carbons (Fsp3) is 0.632. The third kappa shape index (κ3) is 4.88. The Morgan fingerprint density at radius 3 is 2.57 bits per heavy atom. The molecule has 0 spiro atoms. The minimum absolute atomic E-state index is 0.0953. The molecule has 1 aromatic rings. The highest BCUT2D eigenvalue weighted by Crippen LogP contribution is 2.30. The first kappa shape index (κ1) is 17.6. The van der Waals surface area contributed by atoms with Crippen LogP contribution in [0, 0.1) is 5.92 Å². The molecule has 4 nitrogen and oxygen atoms in total. The van der Waals surface area contributed by atoms with Crippen molar-refractivity contribution in [2.24, 2.45) is 5.92 Å². The summed E-state index contributed by atoms with van der Waals surface area (Å²) in [4.78, 5) is 14.6. The molecule has 4 heteroatoms. The summed E-state index contributed by atoms with van der Waals surface area (Å²) in [6, 6.07) is 5.54. The molecule has 128 valence electrons. The smallest absolute Gasteiger partial charge is 0.253 e. The second-order valence-corrected chi connectivity index (χ2v) is 6.27. The predicted molar refractivity (Wildman–Crippen MR) is 92.3 cm³/mol. The van der Waals surface area contributed by atoms with E-state index in [0.717, 1.165) is 44.5 Å². The van der Waals surface area contributed by atoms with Gasteiger partial charge in [0, 0.05) is 18.7 Å². The molecule has 0 N–H and O–H groups in total. The molecule has 2 rings (SSSR count). The van der Waals surface area contributed by atoms with Crippen LogP contribution in [0.1, 0.15) is 56.8 Å². The topological polar surface area (TPSA) is 38.8 Å². The van der Waals surface area contributed by atoms with Crippen LogP contribution >= 0.6 is 0 Å². The number of hydrogen-bond acceptors (Lipinski definition) is 3.